The molecule has 0 bridgehead atoms. The van der Waals surface area contributed by atoms with Gasteiger partial charge < -0.3 is 0 Å². The zero-order valence-corrected chi connectivity index (χ0v) is 7.82. The molecule has 2 fully saturated rings. The maximum atomic E-state index is 6.23. The van der Waals surface area contributed by atoms with Crippen LogP contribution in [0.4, 0.5) is 0 Å². The largest absolute Gasteiger partial charge is 0.0889 e. The first-order valence-corrected chi connectivity index (χ1v) is 5.08. The predicted octanol–water partition coefficient (Wildman–Crippen LogP) is 3.71. The highest BCUT2D eigenvalue weighted by molar-refractivity contribution is 6.30. The van der Waals surface area contributed by atoms with Crippen LogP contribution in [0, 0.1) is 11.8 Å². The lowest BCUT2D eigenvalue weighted by Crippen LogP contribution is -2.25. The third kappa shape index (κ3) is 1.33. The highest BCUT2D eigenvalue weighted by Gasteiger charge is 2.34. The Hall–Kier alpha value is 0.0300. The topological polar surface area (TPSA) is 0 Å². The van der Waals surface area contributed by atoms with E-state index in [-0.39, 0.29) is 0 Å². The summed E-state index contributed by atoms with van der Waals surface area (Å²) in [4.78, 5) is 0. The third-order valence-corrected chi connectivity index (χ3v) is 3.65. The van der Waals surface area contributed by atoms with Gasteiger partial charge in [-0.2, -0.15) is 0 Å². The molecule has 62 valence electrons. The van der Waals surface area contributed by atoms with Crippen molar-refractivity contribution in [3.8, 4) is 0 Å². The van der Waals surface area contributed by atoms with Gasteiger partial charge in [0, 0.05) is 5.03 Å². The van der Waals surface area contributed by atoms with Crippen LogP contribution in [0.1, 0.15) is 39.0 Å². The maximum Gasteiger partial charge on any atom is 0.0206 e. The number of hydrogen-bond donors (Lipinski definition) is 0. The molecule has 2 unspecified atom stereocenters. The van der Waals surface area contributed by atoms with Crippen molar-refractivity contribution < 1.29 is 0 Å². The molecule has 11 heavy (non-hydrogen) atoms. The zero-order valence-electron chi connectivity index (χ0n) is 7.07. The standard InChI is InChI=1S/C10H15Cl/c1-2-7-5-6-9(7)10(11)8-3-4-8/h7,9H,2-6H2,1H3. The van der Waals surface area contributed by atoms with E-state index in [4.69, 9.17) is 11.6 Å². The Morgan fingerprint density at radius 1 is 1.45 bits per heavy atom. The van der Waals surface area contributed by atoms with E-state index in [1.807, 2.05) is 0 Å². The van der Waals surface area contributed by atoms with Gasteiger partial charge in [0.25, 0.3) is 0 Å². The summed E-state index contributed by atoms with van der Waals surface area (Å²) in [6, 6.07) is 0. The number of halogens is 1. The van der Waals surface area contributed by atoms with Crippen LogP contribution in [-0.4, -0.2) is 0 Å². The quantitative estimate of drug-likeness (QED) is 0.593. The molecule has 0 aromatic carbocycles. The summed E-state index contributed by atoms with van der Waals surface area (Å²) in [5.74, 6) is 1.68. The number of hydrogen-bond acceptors (Lipinski definition) is 0. The first-order chi connectivity index (χ1) is 5.33. The molecule has 0 N–H and O–H groups in total. The Morgan fingerprint density at radius 2 is 2.18 bits per heavy atom. The molecule has 2 rings (SSSR count). The van der Waals surface area contributed by atoms with Gasteiger partial charge in [-0.05, 0) is 37.5 Å². The van der Waals surface area contributed by atoms with E-state index in [1.54, 1.807) is 5.57 Å². The Balaban J connectivity index is 2.00. The van der Waals surface area contributed by atoms with Crippen molar-refractivity contribution in [3.05, 3.63) is 10.6 Å². The van der Waals surface area contributed by atoms with Crippen molar-refractivity contribution in [1.29, 1.82) is 0 Å². The minimum absolute atomic E-state index is 0.763. The van der Waals surface area contributed by atoms with E-state index >= 15 is 0 Å². The van der Waals surface area contributed by atoms with Gasteiger partial charge in [0.1, 0.15) is 0 Å². The average molecular weight is 171 g/mol. The van der Waals surface area contributed by atoms with Crippen LogP contribution in [0.2, 0.25) is 0 Å². The van der Waals surface area contributed by atoms with Crippen LogP contribution < -0.4 is 0 Å². The van der Waals surface area contributed by atoms with Crippen LogP contribution in [0.5, 0.6) is 0 Å². The van der Waals surface area contributed by atoms with E-state index in [9.17, 15) is 0 Å². The fourth-order valence-electron chi connectivity index (χ4n) is 1.95. The van der Waals surface area contributed by atoms with Crippen molar-refractivity contribution in [1.82, 2.24) is 0 Å². The minimum Gasteiger partial charge on any atom is -0.0889 e. The Bertz CT molecular complexity index is 185. The van der Waals surface area contributed by atoms with Crippen molar-refractivity contribution >= 4 is 11.6 Å². The molecule has 2 atom stereocenters. The van der Waals surface area contributed by atoms with Gasteiger partial charge in [0.2, 0.25) is 0 Å². The van der Waals surface area contributed by atoms with E-state index in [0.717, 1.165) is 11.8 Å². The van der Waals surface area contributed by atoms with Crippen LogP contribution in [0.3, 0.4) is 0 Å². The molecule has 0 radical (unpaired) electrons. The smallest absolute Gasteiger partial charge is 0.0206 e. The van der Waals surface area contributed by atoms with Crippen molar-refractivity contribution in [2.24, 2.45) is 11.8 Å². The van der Waals surface area contributed by atoms with E-state index in [2.05, 4.69) is 6.92 Å². The number of allylic oxidation sites excluding steroid dienone is 2. The predicted molar refractivity (Wildman–Crippen MR) is 48.6 cm³/mol. The minimum atomic E-state index is 0.763. The fraction of sp³-hybridized carbons (Fsp3) is 0.800. The summed E-state index contributed by atoms with van der Waals surface area (Å²) < 4.78 is 0. The van der Waals surface area contributed by atoms with Crippen molar-refractivity contribution in [3.63, 3.8) is 0 Å². The second-order valence-corrected chi connectivity index (χ2v) is 4.21. The Labute approximate surface area is 73.6 Å². The number of rotatable bonds is 2. The average Bonchev–Trinajstić information content (AvgIpc) is 2.66. The molecule has 2 aliphatic carbocycles. The normalized spacial score (nSPS) is 34.9. The molecule has 1 heteroatoms. The van der Waals surface area contributed by atoms with Gasteiger partial charge in [-0.25, -0.2) is 0 Å². The lowest BCUT2D eigenvalue weighted by atomic mass is 9.72. The molecule has 2 saturated carbocycles. The summed E-state index contributed by atoms with van der Waals surface area (Å²) in [5, 5.41) is 1.24. The first-order valence-electron chi connectivity index (χ1n) is 4.70. The van der Waals surface area contributed by atoms with Gasteiger partial charge in [-0.1, -0.05) is 30.5 Å². The lowest BCUT2D eigenvalue weighted by molar-refractivity contribution is 0.215. The van der Waals surface area contributed by atoms with Crippen LogP contribution in [0.25, 0.3) is 0 Å². The highest BCUT2D eigenvalue weighted by Crippen LogP contribution is 2.48. The van der Waals surface area contributed by atoms with Gasteiger partial charge in [0.05, 0.1) is 0 Å². The molecular formula is C10H15Cl. The summed E-state index contributed by atoms with van der Waals surface area (Å²) in [7, 11) is 0. The Kier molecular flexibility index (Phi) is 1.97. The molecule has 0 nitrogen and oxygen atoms in total. The molecule has 0 aromatic rings. The Morgan fingerprint density at radius 3 is 2.55 bits per heavy atom. The van der Waals surface area contributed by atoms with E-state index in [1.165, 1.54) is 37.1 Å². The van der Waals surface area contributed by atoms with Gasteiger partial charge >= 0.3 is 0 Å². The molecule has 0 aromatic heterocycles. The molecule has 0 spiro atoms. The zero-order chi connectivity index (χ0) is 7.84. The SMILES string of the molecule is CCC1CCC1C(Cl)=C1CC1. The van der Waals surface area contributed by atoms with E-state index < -0.39 is 0 Å². The molecular weight excluding hydrogens is 156 g/mol. The second kappa shape index (κ2) is 2.82. The van der Waals surface area contributed by atoms with Gasteiger partial charge in [-0.15, -0.1) is 0 Å². The maximum absolute atomic E-state index is 6.23. The van der Waals surface area contributed by atoms with E-state index in [0.29, 0.717) is 0 Å². The van der Waals surface area contributed by atoms with Crippen LogP contribution >= 0.6 is 11.6 Å². The van der Waals surface area contributed by atoms with Gasteiger partial charge in [0.15, 0.2) is 0 Å². The molecule has 2 aliphatic rings. The third-order valence-electron chi connectivity index (χ3n) is 3.11. The summed E-state index contributed by atoms with van der Waals surface area (Å²) in [6.07, 6.45) is 6.64. The summed E-state index contributed by atoms with van der Waals surface area (Å²) in [5.41, 5.74) is 1.55. The van der Waals surface area contributed by atoms with Gasteiger partial charge in [-0.3, -0.25) is 0 Å². The molecule has 0 heterocycles. The van der Waals surface area contributed by atoms with Crippen molar-refractivity contribution in [2.45, 2.75) is 39.0 Å². The highest BCUT2D eigenvalue weighted by atomic mass is 35.5. The van der Waals surface area contributed by atoms with Crippen molar-refractivity contribution in [2.75, 3.05) is 0 Å². The lowest BCUT2D eigenvalue weighted by Gasteiger charge is -2.35. The molecule has 0 aliphatic heterocycles. The molecule has 0 amide bonds. The second-order valence-electron chi connectivity index (χ2n) is 3.80. The van der Waals surface area contributed by atoms with Crippen LogP contribution in [0.15, 0.2) is 10.6 Å². The van der Waals surface area contributed by atoms with Crippen LogP contribution in [-0.2, 0) is 0 Å². The monoisotopic (exact) mass is 170 g/mol. The fourth-order valence-corrected chi connectivity index (χ4v) is 2.43. The summed E-state index contributed by atoms with van der Waals surface area (Å²) >= 11 is 6.23. The molecule has 0 saturated heterocycles. The summed E-state index contributed by atoms with van der Waals surface area (Å²) in [6.45, 7) is 2.28. The first kappa shape index (κ1) is 7.67.